The first-order valence-corrected chi connectivity index (χ1v) is 5.97. The molecule has 0 saturated heterocycles. The number of phenols is 1. The van der Waals surface area contributed by atoms with Gasteiger partial charge in [-0.2, -0.15) is 0 Å². The van der Waals surface area contributed by atoms with E-state index >= 15 is 0 Å². The molecule has 1 aromatic rings. The quantitative estimate of drug-likeness (QED) is 0.628. The SMILES string of the molecule is CCCCC(C)(C)C(=O)Oc1ccc(O)cc1. The van der Waals surface area contributed by atoms with Crippen molar-refractivity contribution in [3.63, 3.8) is 0 Å². The van der Waals surface area contributed by atoms with Gasteiger partial charge in [-0.25, -0.2) is 0 Å². The minimum Gasteiger partial charge on any atom is -0.508 e. The third kappa shape index (κ3) is 4.10. The van der Waals surface area contributed by atoms with Crippen LogP contribution in [0.25, 0.3) is 0 Å². The second-order valence-corrected chi connectivity index (χ2v) is 4.87. The zero-order valence-corrected chi connectivity index (χ0v) is 10.7. The molecule has 0 aromatic heterocycles. The van der Waals surface area contributed by atoms with Gasteiger partial charge >= 0.3 is 5.97 Å². The van der Waals surface area contributed by atoms with Crippen molar-refractivity contribution in [1.29, 1.82) is 0 Å². The maximum absolute atomic E-state index is 11.9. The molecule has 0 unspecified atom stereocenters. The Kier molecular flexibility index (Phi) is 4.55. The predicted octanol–water partition coefficient (Wildman–Crippen LogP) is 3.51. The number of carbonyl (C=O) groups is 1. The molecule has 0 atom stereocenters. The van der Waals surface area contributed by atoms with Crippen LogP contribution in [0.2, 0.25) is 0 Å². The number of rotatable bonds is 5. The second kappa shape index (κ2) is 5.71. The van der Waals surface area contributed by atoms with Crippen molar-refractivity contribution >= 4 is 5.97 Å². The Hall–Kier alpha value is -1.51. The summed E-state index contributed by atoms with van der Waals surface area (Å²) in [5.41, 5.74) is -0.464. The van der Waals surface area contributed by atoms with Gasteiger partial charge in [0.05, 0.1) is 5.41 Å². The van der Waals surface area contributed by atoms with Gasteiger partial charge in [-0.15, -0.1) is 0 Å². The van der Waals surface area contributed by atoms with E-state index in [2.05, 4.69) is 6.92 Å². The lowest BCUT2D eigenvalue weighted by Gasteiger charge is -2.21. The zero-order chi connectivity index (χ0) is 12.9. The van der Waals surface area contributed by atoms with Crippen molar-refractivity contribution in [2.24, 2.45) is 5.41 Å². The van der Waals surface area contributed by atoms with E-state index in [1.807, 2.05) is 13.8 Å². The molecule has 1 aromatic carbocycles. The van der Waals surface area contributed by atoms with Gasteiger partial charge in [0.2, 0.25) is 0 Å². The highest BCUT2D eigenvalue weighted by atomic mass is 16.5. The molecule has 1 rings (SSSR count). The van der Waals surface area contributed by atoms with E-state index in [9.17, 15) is 4.79 Å². The lowest BCUT2D eigenvalue weighted by Crippen LogP contribution is -2.28. The van der Waals surface area contributed by atoms with E-state index < -0.39 is 5.41 Å². The summed E-state index contributed by atoms with van der Waals surface area (Å²) in [5, 5.41) is 9.13. The number of benzene rings is 1. The van der Waals surface area contributed by atoms with E-state index in [1.165, 1.54) is 12.1 Å². The summed E-state index contributed by atoms with van der Waals surface area (Å²) >= 11 is 0. The Bertz CT molecular complexity index is 366. The van der Waals surface area contributed by atoms with Crippen LogP contribution in [0, 0.1) is 5.41 Å². The highest BCUT2D eigenvalue weighted by Gasteiger charge is 2.28. The molecule has 0 aliphatic heterocycles. The summed E-state index contributed by atoms with van der Waals surface area (Å²) in [4.78, 5) is 11.9. The fourth-order valence-corrected chi connectivity index (χ4v) is 1.48. The maximum atomic E-state index is 11.9. The number of unbranched alkanes of at least 4 members (excludes halogenated alkanes) is 1. The Balaban J connectivity index is 2.62. The number of hydrogen-bond donors (Lipinski definition) is 1. The van der Waals surface area contributed by atoms with Crippen LogP contribution in [-0.4, -0.2) is 11.1 Å². The molecule has 0 fully saturated rings. The van der Waals surface area contributed by atoms with Gasteiger partial charge in [0.25, 0.3) is 0 Å². The largest absolute Gasteiger partial charge is 0.508 e. The molecule has 0 bridgehead atoms. The van der Waals surface area contributed by atoms with Crippen LogP contribution < -0.4 is 4.74 Å². The first-order valence-electron chi connectivity index (χ1n) is 5.97. The first kappa shape index (κ1) is 13.6. The summed E-state index contributed by atoms with van der Waals surface area (Å²) in [6.07, 6.45) is 2.90. The number of esters is 1. The van der Waals surface area contributed by atoms with Crippen molar-refractivity contribution < 1.29 is 14.6 Å². The van der Waals surface area contributed by atoms with Crippen molar-refractivity contribution in [3.05, 3.63) is 24.3 Å². The van der Waals surface area contributed by atoms with E-state index in [1.54, 1.807) is 12.1 Å². The number of carbonyl (C=O) groups excluding carboxylic acids is 1. The van der Waals surface area contributed by atoms with Crippen LogP contribution in [0.4, 0.5) is 0 Å². The van der Waals surface area contributed by atoms with Crippen LogP contribution in [-0.2, 0) is 4.79 Å². The van der Waals surface area contributed by atoms with E-state index in [-0.39, 0.29) is 11.7 Å². The van der Waals surface area contributed by atoms with Gasteiger partial charge in [0, 0.05) is 0 Å². The van der Waals surface area contributed by atoms with Gasteiger partial charge in [0.15, 0.2) is 0 Å². The highest BCUT2D eigenvalue weighted by Crippen LogP contribution is 2.26. The first-order chi connectivity index (χ1) is 7.95. The molecule has 0 radical (unpaired) electrons. The van der Waals surface area contributed by atoms with E-state index in [0.29, 0.717) is 5.75 Å². The minimum absolute atomic E-state index is 0.162. The van der Waals surface area contributed by atoms with Gasteiger partial charge in [-0.3, -0.25) is 4.79 Å². The van der Waals surface area contributed by atoms with Gasteiger partial charge in [-0.1, -0.05) is 19.8 Å². The normalized spacial score (nSPS) is 11.2. The smallest absolute Gasteiger partial charge is 0.316 e. The summed E-state index contributed by atoms with van der Waals surface area (Å²) in [6, 6.07) is 6.18. The number of hydrogen-bond acceptors (Lipinski definition) is 3. The van der Waals surface area contributed by atoms with E-state index in [0.717, 1.165) is 19.3 Å². The van der Waals surface area contributed by atoms with Crippen LogP contribution in [0.3, 0.4) is 0 Å². The molecule has 0 saturated carbocycles. The second-order valence-electron chi connectivity index (χ2n) is 4.87. The molecule has 3 nitrogen and oxygen atoms in total. The predicted molar refractivity (Wildman–Crippen MR) is 67.0 cm³/mol. The van der Waals surface area contributed by atoms with Crippen molar-refractivity contribution in [1.82, 2.24) is 0 Å². The minimum atomic E-state index is -0.464. The third-order valence-corrected chi connectivity index (χ3v) is 2.76. The van der Waals surface area contributed by atoms with Gasteiger partial charge in [0.1, 0.15) is 11.5 Å². The summed E-state index contributed by atoms with van der Waals surface area (Å²) < 4.78 is 5.28. The fraction of sp³-hybridized carbons (Fsp3) is 0.500. The average molecular weight is 236 g/mol. The number of aromatic hydroxyl groups is 1. The van der Waals surface area contributed by atoms with Crippen molar-refractivity contribution in [2.45, 2.75) is 40.0 Å². The van der Waals surface area contributed by atoms with Gasteiger partial charge < -0.3 is 9.84 Å². The lowest BCUT2D eigenvalue weighted by molar-refractivity contribution is -0.144. The zero-order valence-electron chi connectivity index (χ0n) is 10.7. The Morgan fingerprint density at radius 1 is 1.29 bits per heavy atom. The molecule has 0 amide bonds. The standard InChI is InChI=1S/C14H20O3/c1-4-5-10-14(2,3)13(16)17-12-8-6-11(15)7-9-12/h6-9,15H,4-5,10H2,1-3H3. The monoisotopic (exact) mass is 236 g/mol. The Morgan fingerprint density at radius 3 is 2.41 bits per heavy atom. The highest BCUT2D eigenvalue weighted by molar-refractivity contribution is 5.78. The molecular formula is C14H20O3. The van der Waals surface area contributed by atoms with Crippen molar-refractivity contribution in [2.75, 3.05) is 0 Å². The Labute approximate surface area is 102 Å². The molecule has 17 heavy (non-hydrogen) atoms. The lowest BCUT2D eigenvalue weighted by atomic mass is 9.87. The van der Waals surface area contributed by atoms with E-state index in [4.69, 9.17) is 9.84 Å². The third-order valence-electron chi connectivity index (χ3n) is 2.76. The molecule has 0 spiro atoms. The number of ether oxygens (including phenoxy) is 1. The summed E-state index contributed by atoms with van der Waals surface area (Å²) in [6.45, 7) is 5.89. The molecule has 1 N–H and O–H groups in total. The van der Waals surface area contributed by atoms with Crippen molar-refractivity contribution in [3.8, 4) is 11.5 Å². The molecular weight excluding hydrogens is 216 g/mol. The van der Waals surface area contributed by atoms with Crippen LogP contribution in [0.1, 0.15) is 40.0 Å². The molecule has 0 heterocycles. The number of phenolic OH excluding ortho intramolecular Hbond substituents is 1. The Morgan fingerprint density at radius 2 is 1.88 bits per heavy atom. The molecule has 0 aliphatic carbocycles. The average Bonchev–Trinajstić information content (AvgIpc) is 2.29. The molecule has 3 heteroatoms. The van der Waals surface area contributed by atoms with Crippen LogP contribution in [0.5, 0.6) is 11.5 Å². The fourth-order valence-electron chi connectivity index (χ4n) is 1.48. The van der Waals surface area contributed by atoms with Crippen LogP contribution >= 0.6 is 0 Å². The summed E-state index contributed by atoms with van der Waals surface area (Å²) in [5.74, 6) is 0.407. The molecule has 0 aliphatic rings. The summed E-state index contributed by atoms with van der Waals surface area (Å²) in [7, 11) is 0. The van der Waals surface area contributed by atoms with Gasteiger partial charge in [-0.05, 0) is 44.5 Å². The molecule has 94 valence electrons. The maximum Gasteiger partial charge on any atom is 0.316 e. The topological polar surface area (TPSA) is 46.5 Å². The van der Waals surface area contributed by atoms with Crippen LogP contribution in [0.15, 0.2) is 24.3 Å².